The molecule has 0 aromatic heterocycles. The highest BCUT2D eigenvalue weighted by Gasteiger charge is 2.14. The van der Waals surface area contributed by atoms with Gasteiger partial charge < -0.3 is 0 Å². The predicted molar refractivity (Wildman–Crippen MR) is 72.4 cm³/mol. The molecule has 0 aliphatic carbocycles. The predicted octanol–water partition coefficient (Wildman–Crippen LogP) is 3.69. The number of rotatable bonds is 1. The molecule has 1 heterocycles. The SMILES string of the molecule is Fc1ccccc1C1=NCC=Cc2ccccc21. The number of hydrogen-bond acceptors (Lipinski definition) is 1. The smallest absolute Gasteiger partial charge is 0.132 e. The van der Waals surface area contributed by atoms with Crippen LogP contribution in [-0.2, 0) is 0 Å². The Kier molecular flexibility index (Phi) is 2.77. The summed E-state index contributed by atoms with van der Waals surface area (Å²) in [6.07, 6.45) is 4.03. The summed E-state index contributed by atoms with van der Waals surface area (Å²) in [5, 5.41) is 0. The van der Waals surface area contributed by atoms with Crippen molar-refractivity contribution < 1.29 is 4.39 Å². The van der Waals surface area contributed by atoms with Crippen molar-refractivity contribution in [1.82, 2.24) is 0 Å². The molecule has 0 unspecified atom stereocenters. The van der Waals surface area contributed by atoms with Gasteiger partial charge in [-0.15, -0.1) is 0 Å². The first-order chi connectivity index (χ1) is 8.86. The summed E-state index contributed by atoms with van der Waals surface area (Å²) in [7, 11) is 0. The molecule has 3 rings (SSSR count). The molecule has 0 saturated carbocycles. The molecule has 0 bridgehead atoms. The van der Waals surface area contributed by atoms with Crippen LogP contribution in [0, 0.1) is 5.82 Å². The molecule has 2 aromatic carbocycles. The Labute approximate surface area is 105 Å². The minimum atomic E-state index is -0.229. The molecule has 1 aliphatic heterocycles. The Balaban J connectivity index is 2.21. The summed E-state index contributed by atoms with van der Waals surface area (Å²) < 4.78 is 13.9. The average molecular weight is 237 g/mol. The third kappa shape index (κ3) is 1.86. The van der Waals surface area contributed by atoms with Gasteiger partial charge in [0.1, 0.15) is 5.82 Å². The van der Waals surface area contributed by atoms with Gasteiger partial charge in [-0.05, 0) is 17.7 Å². The average Bonchev–Trinajstić information content (AvgIpc) is 2.62. The lowest BCUT2D eigenvalue weighted by molar-refractivity contribution is 0.625. The first-order valence-corrected chi connectivity index (χ1v) is 5.91. The molecule has 88 valence electrons. The first kappa shape index (κ1) is 10.9. The number of fused-ring (bicyclic) bond motifs is 1. The molecule has 0 fully saturated rings. The summed E-state index contributed by atoms with van der Waals surface area (Å²) in [6, 6.07) is 14.7. The van der Waals surface area contributed by atoms with Crippen LogP contribution in [0.3, 0.4) is 0 Å². The van der Waals surface area contributed by atoms with Gasteiger partial charge >= 0.3 is 0 Å². The highest BCUT2D eigenvalue weighted by Crippen LogP contribution is 2.20. The molecule has 2 aromatic rings. The van der Waals surface area contributed by atoms with Crippen LogP contribution in [0.25, 0.3) is 6.08 Å². The van der Waals surface area contributed by atoms with Crippen molar-refractivity contribution in [3.63, 3.8) is 0 Å². The molecule has 0 amide bonds. The van der Waals surface area contributed by atoms with Crippen molar-refractivity contribution in [3.05, 3.63) is 77.1 Å². The summed E-state index contributed by atoms with van der Waals surface area (Å²) in [5.41, 5.74) is 3.36. The maximum Gasteiger partial charge on any atom is 0.132 e. The van der Waals surface area contributed by atoms with E-state index in [1.54, 1.807) is 12.1 Å². The van der Waals surface area contributed by atoms with Gasteiger partial charge in [0.25, 0.3) is 0 Å². The van der Waals surface area contributed by atoms with Gasteiger partial charge in [-0.2, -0.15) is 0 Å². The molecule has 1 nitrogen and oxygen atoms in total. The summed E-state index contributed by atoms with van der Waals surface area (Å²) >= 11 is 0. The Morgan fingerprint density at radius 2 is 1.61 bits per heavy atom. The topological polar surface area (TPSA) is 12.4 Å². The second-order valence-electron chi connectivity index (χ2n) is 4.16. The van der Waals surface area contributed by atoms with E-state index in [9.17, 15) is 4.39 Å². The molecule has 0 radical (unpaired) electrons. The summed E-state index contributed by atoms with van der Waals surface area (Å²) in [5.74, 6) is -0.229. The lowest BCUT2D eigenvalue weighted by Crippen LogP contribution is -2.07. The van der Waals surface area contributed by atoms with Gasteiger partial charge in [0.15, 0.2) is 0 Å². The summed E-state index contributed by atoms with van der Waals surface area (Å²) in [4.78, 5) is 4.49. The van der Waals surface area contributed by atoms with Crippen LogP contribution in [0.15, 0.2) is 59.6 Å². The minimum Gasteiger partial charge on any atom is -0.280 e. The van der Waals surface area contributed by atoms with E-state index in [0.717, 1.165) is 16.8 Å². The van der Waals surface area contributed by atoms with Crippen LogP contribution in [0.1, 0.15) is 16.7 Å². The van der Waals surface area contributed by atoms with Crippen molar-refractivity contribution in [2.45, 2.75) is 0 Å². The van der Waals surface area contributed by atoms with Crippen molar-refractivity contribution >= 4 is 11.8 Å². The Bertz CT molecular complexity index is 641. The third-order valence-corrected chi connectivity index (χ3v) is 3.00. The largest absolute Gasteiger partial charge is 0.280 e. The quantitative estimate of drug-likeness (QED) is 0.717. The van der Waals surface area contributed by atoms with Crippen LogP contribution in [0.5, 0.6) is 0 Å². The zero-order chi connectivity index (χ0) is 12.4. The summed E-state index contributed by atoms with van der Waals surface area (Å²) in [6.45, 7) is 0.582. The maximum absolute atomic E-state index is 13.9. The fourth-order valence-corrected chi connectivity index (χ4v) is 2.15. The standard InChI is InChI=1S/C16H12FN/c17-15-10-4-3-9-14(15)16-13-8-2-1-6-12(13)7-5-11-18-16/h1-10H,11H2. The molecule has 0 atom stereocenters. The van der Waals surface area contributed by atoms with Crippen LogP contribution < -0.4 is 0 Å². The lowest BCUT2D eigenvalue weighted by atomic mass is 9.97. The van der Waals surface area contributed by atoms with Gasteiger partial charge in [-0.3, -0.25) is 4.99 Å². The number of halogens is 1. The molecular weight excluding hydrogens is 225 g/mol. The first-order valence-electron chi connectivity index (χ1n) is 5.91. The zero-order valence-electron chi connectivity index (χ0n) is 9.81. The fraction of sp³-hybridized carbons (Fsp3) is 0.0625. The van der Waals surface area contributed by atoms with E-state index < -0.39 is 0 Å². The number of benzene rings is 2. The van der Waals surface area contributed by atoms with E-state index in [-0.39, 0.29) is 5.82 Å². The van der Waals surface area contributed by atoms with Crippen LogP contribution in [0.2, 0.25) is 0 Å². The second kappa shape index (κ2) is 4.57. The Hall–Kier alpha value is -2.22. The molecule has 0 spiro atoms. The van der Waals surface area contributed by atoms with Crippen molar-refractivity contribution in [2.75, 3.05) is 6.54 Å². The molecule has 1 aliphatic rings. The van der Waals surface area contributed by atoms with E-state index in [2.05, 4.69) is 4.99 Å². The van der Waals surface area contributed by atoms with Crippen molar-refractivity contribution in [1.29, 1.82) is 0 Å². The maximum atomic E-state index is 13.9. The molecule has 18 heavy (non-hydrogen) atoms. The fourth-order valence-electron chi connectivity index (χ4n) is 2.15. The van der Waals surface area contributed by atoms with Gasteiger partial charge in [0.2, 0.25) is 0 Å². The van der Waals surface area contributed by atoms with Crippen LogP contribution >= 0.6 is 0 Å². The van der Waals surface area contributed by atoms with E-state index in [1.807, 2.05) is 42.5 Å². The Morgan fingerprint density at radius 1 is 0.889 bits per heavy atom. The van der Waals surface area contributed by atoms with Gasteiger partial charge in [-0.25, -0.2) is 4.39 Å². The molecule has 0 saturated heterocycles. The molecule has 2 heteroatoms. The number of nitrogens with zero attached hydrogens (tertiary/aromatic N) is 1. The third-order valence-electron chi connectivity index (χ3n) is 3.00. The van der Waals surface area contributed by atoms with Gasteiger partial charge in [0, 0.05) is 11.1 Å². The van der Waals surface area contributed by atoms with Crippen molar-refractivity contribution in [3.8, 4) is 0 Å². The van der Waals surface area contributed by atoms with E-state index in [1.165, 1.54) is 6.07 Å². The second-order valence-corrected chi connectivity index (χ2v) is 4.16. The van der Waals surface area contributed by atoms with Crippen molar-refractivity contribution in [2.24, 2.45) is 4.99 Å². The zero-order valence-corrected chi connectivity index (χ0v) is 9.81. The monoisotopic (exact) mass is 237 g/mol. The Morgan fingerprint density at radius 3 is 2.44 bits per heavy atom. The van der Waals surface area contributed by atoms with E-state index in [0.29, 0.717) is 12.1 Å². The van der Waals surface area contributed by atoms with Gasteiger partial charge in [-0.1, -0.05) is 48.6 Å². The number of hydrogen-bond donors (Lipinski definition) is 0. The highest BCUT2D eigenvalue weighted by molar-refractivity contribution is 6.15. The molecule has 0 N–H and O–H groups in total. The number of aliphatic imine (C=N–C) groups is 1. The van der Waals surface area contributed by atoms with Crippen LogP contribution in [-0.4, -0.2) is 12.3 Å². The molecular formula is C16H12FN. The normalized spacial score (nSPS) is 13.7. The minimum absolute atomic E-state index is 0.229. The van der Waals surface area contributed by atoms with Gasteiger partial charge in [0.05, 0.1) is 12.3 Å². The lowest BCUT2D eigenvalue weighted by Gasteiger charge is -2.09. The highest BCUT2D eigenvalue weighted by atomic mass is 19.1. The van der Waals surface area contributed by atoms with E-state index >= 15 is 0 Å². The van der Waals surface area contributed by atoms with E-state index in [4.69, 9.17) is 0 Å². The van der Waals surface area contributed by atoms with Crippen LogP contribution in [0.4, 0.5) is 4.39 Å².